The van der Waals surface area contributed by atoms with Crippen LogP contribution in [-0.2, 0) is 0 Å². The van der Waals surface area contributed by atoms with E-state index in [0.717, 1.165) is 22.6 Å². The molecule has 3 aromatic rings. The average molecular weight is 301 g/mol. The average Bonchev–Trinajstić information content (AvgIpc) is 2.74. The maximum Gasteiger partial charge on any atom is 0.163 e. The normalized spacial score (nSPS) is 11.0. The molecule has 2 aromatic heterocycles. The molecule has 3 rings (SSSR count). The predicted molar refractivity (Wildman–Crippen MR) is 86.4 cm³/mol. The summed E-state index contributed by atoms with van der Waals surface area (Å²) in [6.45, 7) is 6.98. The second-order valence-corrected chi connectivity index (χ2v) is 6.10. The van der Waals surface area contributed by atoms with E-state index in [1.54, 1.807) is 17.4 Å². The zero-order valence-corrected chi connectivity index (χ0v) is 13.0. The van der Waals surface area contributed by atoms with Crippen molar-refractivity contribution in [3.05, 3.63) is 40.5 Å². The Morgan fingerprint density at radius 2 is 2.05 bits per heavy atom. The molecule has 0 radical (unpaired) electrons. The monoisotopic (exact) mass is 301 g/mol. The minimum atomic E-state index is -0.278. The van der Waals surface area contributed by atoms with Gasteiger partial charge in [0.25, 0.3) is 0 Å². The topological polar surface area (TPSA) is 37.8 Å². The van der Waals surface area contributed by atoms with Crippen LogP contribution in [0.2, 0.25) is 0 Å². The molecule has 0 saturated heterocycles. The standard InChI is InChI=1S/C16H16FN3S/c1-4-18-15-13-9(2)10(3)21-16(13)20-14(19-15)11-6-5-7-12(17)8-11/h5-8H,4H2,1-3H3,(H,18,19,20). The van der Waals surface area contributed by atoms with Crippen LogP contribution in [0.25, 0.3) is 21.6 Å². The Kier molecular flexibility index (Phi) is 3.59. The molecule has 0 saturated carbocycles. The molecule has 0 aliphatic carbocycles. The fourth-order valence-electron chi connectivity index (χ4n) is 2.30. The highest BCUT2D eigenvalue weighted by Crippen LogP contribution is 2.34. The van der Waals surface area contributed by atoms with Gasteiger partial charge in [-0.1, -0.05) is 12.1 Å². The maximum absolute atomic E-state index is 13.4. The third-order valence-electron chi connectivity index (χ3n) is 3.46. The van der Waals surface area contributed by atoms with Gasteiger partial charge in [0.15, 0.2) is 5.82 Å². The van der Waals surface area contributed by atoms with E-state index in [0.29, 0.717) is 11.4 Å². The number of thiophene rings is 1. The lowest BCUT2D eigenvalue weighted by molar-refractivity contribution is 0.628. The fraction of sp³-hybridized carbons (Fsp3) is 0.250. The van der Waals surface area contributed by atoms with Crippen molar-refractivity contribution in [3.63, 3.8) is 0 Å². The van der Waals surface area contributed by atoms with E-state index in [4.69, 9.17) is 0 Å². The highest BCUT2D eigenvalue weighted by Gasteiger charge is 2.15. The maximum atomic E-state index is 13.4. The molecule has 0 spiro atoms. The Balaban J connectivity index is 2.25. The summed E-state index contributed by atoms with van der Waals surface area (Å²) in [5.74, 6) is 1.10. The molecular formula is C16H16FN3S. The van der Waals surface area contributed by atoms with Gasteiger partial charge < -0.3 is 5.32 Å². The summed E-state index contributed by atoms with van der Waals surface area (Å²) in [7, 11) is 0. The molecule has 1 aromatic carbocycles. The first-order valence-electron chi connectivity index (χ1n) is 6.87. The summed E-state index contributed by atoms with van der Waals surface area (Å²) in [4.78, 5) is 11.4. The van der Waals surface area contributed by atoms with Crippen molar-refractivity contribution < 1.29 is 4.39 Å². The molecule has 0 fully saturated rings. The minimum Gasteiger partial charge on any atom is -0.370 e. The number of hydrogen-bond acceptors (Lipinski definition) is 4. The van der Waals surface area contributed by atoms with Crippen molar-refractivity contribution in [2.24, 2.45) is 0 Å². The minimum absolute atomic E-state index is 0.278. The van der Waals surface area contributed by atoms with Crippen LogP contribution in [0.15, 0.2) is 24.3 Å². The number of aryl methyl sites for hydroxylation is 2. The van der Waals surface area contributed by atoms with Crippen molar-refractivity contribution in [1.29, 1.82) is 0 Å². The summed E-state index contributed by atoms with van der Waals surface area (Å²) in [5, 5.41) is 4.36. The molecule has 0 atom stereocenters. The van der Waals surface area contributed by atoms with Gasteiger partial charge >= 0.3 is 0 Å². The number of nitrogens with one attached hydrogen (secondary N) is 1. The Morgan fingerprint density at radius 3 is 2.76 bits per heavy atom. The van der Waals surface area contributed by atoms with Gasteiger partial charge in [0, 0.05) is 17.0 Å². The highest BCUT2D eigenvalue weighted by atomic mass is 32.1. The largest absolute Gasteiger partial charge is 0.370 e. The lowest BCUT2D eigenvalue weighted by Crippen LogP contribution is -2.02. The van der Waals surface area contributed by atoms with E-state index >= 15 is 0 Å². The lowest BCUT2D eigenvalue weighted by atomic mass is 10.2. The smallest absolute Gasteiger partial charge is 0.163 e. The van der Waals surface area contributed by atoms with Gasteiger partial charge in [-0.15, -0.1) is 11.3 Å². The van der Waals surface area contributed by atoms with Crippen molar-refractivity contribution in [2.75, 3.05) is 11.9 Å². The summed E-state index contributed by atoms with van der Waals surface area (Å²) < 4.78 is 13.4. The quantitative estimate of drug-likeness (QED) is 0.771. The molecule has 0 aliphatic heterocycles. The number of aromatic nitrogens is 2. The SMILES string of the molecule is CCNc1nc(-c2cccc(F)c2)nc2sc(C)c(C)c12. The van der Waals surface area contributed by atoms with Gasteiger partial charge in [0.1, 0.15) is 16.5 Å². The second-order valence-electron chi connectivity index (χ2n) is 4.90. The van der Waals surface area contributed by atoms with Gasteiger partial charge in [0.2, 0.25) is 0 Å². The van der Waals surface area contributed by atoms with Crippen LogP contribution < -0.4 is 5.32 Å². The van der Waals surface area contributed by atoms with Gasteiger partial charge in [-0.05, 0) is 38.5 Å². The second kappa shape index (κ2) is 5.41. The Labute approximate surface area is 126 Å². The zero-order chi connectivity index (χ0) is 15.0. The van der Waals surface area contributed by atoms with E-state index in [9.17, 15) is 4.39 Å². The summed E-state index contributed by atoms with van der Waals surface area (Å²) >= 11 is 1.65. The number of fused-ring (bicyclic) bond motifs is 1. The number of halogens is 1. The number of rotatable bonds is 3. The number of anilines is 1. The predicted octanol–water partition coefficient (Wildman–Crippen LogP) is 4.55. The highest BCUT2D eigenvalue weighted by molar-refractivity contribution is 7.18. The Morgan fingerprint density at radius 1 is 1.24 bits per heavy atom. The first kappa shape index (κ1) is 13.9. The van der Waals surface area contributed by atoms with Gasteiger partial charge in [-0.3, -0.25) is 0 Å². The Hall–Kier alpha value is -2.01. The fourth-order valence-corrected chi connectivity index (χ4v) is 3.33. The van der Waals surface area contributed by atoms with Crippen LogP contribution in [0.5, 0.6) is 0 Å². The molecule has 3 nitrogen and oxygen atoms in total. The van der Waals surface area contributed by atoms with Gasteiger partial charge in [0.05, 0.1) is 5.39 Å². The van der Waals surface area contributed by atoms with Crippen LogP contribution in [0.4, 0.5) is 10.2 Å². The first-order valence-corrected chi connectivity index (χ1v) is 7.69. The van der Waals surface area contributed by atoms with Crippen LogP contribution in [0.3, 0.4) is 0 Å². The van der Waals surface area contributed by atoms with Gasteiger partial charge in [-0.2, -0.15) is 0 Å². The van der Waals surface area contributed by atoms with Crippen molar-refractivity contribution in [2.45, 2.75) is 20.8 Å². The van der Waals surface area contributed by atoms with Crippen LogP contribution in [-0.4, -0.2) is 16.5 Å². The van der Waals surface area contributed by atoms with E-state index in [2.05, 4.69) is 29.1 Å². The molecular weight excluding hydrogens is 285 g/mol. The van der Waals surface area contributed by atoms with Gasteiger partial charge in [-0.25, -0.2) is 14.4 Å². The molecule has 2 heterocycles. The third kappa shape index (κ3) is 2.49. The van der Waals surface area contributed by atoms with Crippen molar-refractivity contribution >= 4 is 27.4 Å². The molecule has 108 valence electrons. The lowest BCUT2D eigenvalue weighted by Gasteiger charge is -2.08. The summed E-state index contributed by atoms with van der Waals surface area (Å²) in [5.41, 5.74) is 1.90. The first-order chi connectivity index (χ1) is 10.1. The molecule has 1 N–H and O–H groups in total. The summed E-state index contributed by atoms with van der Waals surface area (Å²) in [6.07, 6.45) is 0. The number of hydrogen-bond donors (Lipinski definition) is 1. The molecule has 0 bridgehead atoms. The third-order valence-corrected chi connectivity index (χ3v) is 4.56. The number of nitrogens with zero attached hydrogens (tertiary/aromatic N) is 2. The molecule has 0 unspecified atom stereocenters. The molecule has 21 heavy (non-hydrogen) atoms. The zero-order valence-electron chi connectivity index (χ0n) is 12.2. The van der Waals surface area contributed by atoms with E-state index < -0.39 is 0 Å². The van der Waals surface area contributed by atoms with E-state index in [1.165, 1.54) is 22.6 Å². The van der Waals surface area contributed by atoms with E-state index in [1.807, 2.05) is 13.0 Å². The van der Waals surface area contributed by atoms with Crippen molar-refractivity contribution in [3.8, 4) is 11.4 Å². The summed E-state index contributed by atoms with van der Waals surface area (Å²) in [6, 6.07) is 6.39. The number of benzene rings is 1. The van der Waals surface area contributed by atoms with Crippen molar-refractivity contribution in [1.82, 2.24) is 9.97 Å². The van der Waals surface area contributed by atoms with E-state index in [-0.39, 0.29) is 5.82 Å². The molecule has 0 amide bonds. The Bertz CT molecular complexity index is 811. The molecule has 0 aliphatic rings. The van der Waals surface area contributed by atoms with Crippen LogP contribution in [0.1, 0.15) is 17.4 Å². The van der Waals surface area contributed by atoms with Crippen LogP contribution in [0, 0.1) is 19.7 Å². The molecule has 5 heteroatoms. The van der Waals surface area contributed by atoms with Crippen LogP contribution >= 0.6 is 11.3 Å².